The molecule has 1 heterocycles. The fourth-order valence-electron chi connectivity index (χ4n) is 1.45. The van der Waals surface area contributed by atoms with Crippen LogP contribution in [0.2, 0.25) is 0 Å². The van der Waals surface area contributed by atoms with Crippen LogP contribution in [0.3, 0.4) is 0 Å². The molecule has 0 saturated carbocycles. The second-order valence-corrected chi connectivity index (χ2v) is 5.08. The average molecular weight is 313 g/mol. The molecule has 2 aromatic rings. The van der Waals surface area contributed by atoms with Crippen molar-refractivity contribution < 1.29 is 9.72 Å². The summed E-state index contributed by atoms with van der Waals surface area (Å²) in [6.07, 6.45) is 0.703. The van der Waals surface area contributed by atoms with Crippen molar-refractivity contribution in [2.45, 2.75) is 23.4 Å². The number of nitro groups is 1. The van der Waals surface area contributed by atoms with Crippen LogP contribution in [-0.2, 0) is 6.42 Å². The number of non-ortho nitro benzene ring substituents is 1. The van der Waals surface area contributed by atoms with E-state index in [9.17, 15) is 14.9 Å². The third-order valence-corrected chi connectivity index (χ3v) is 3.58. The van der Waals surface area contributed by atoms with E-state index in [2.05, 4.69) is 15.2 Å². The number of H-pyrrole nitrogens is 1. The Balaban J connectivity index is 2.35. The molecule has 0 bridgehead atoms. The molecule has 1 N–H and O–H groups in total. The summed E-state index contributed by atoms with van der Waals surface area (Å²) >= 11 is 6.58. The second kappa shape index (κ2) is 6.02. The average Bonchev–Trinajstić information content (AvgIpc) is 2.86. The van der Waals surface area contributed by atoms with Gasteiger partial charge in [-0.1, -0.05) is 6.92 Å². The van der Waals surface area contributed by atoms with E-state index in [0.717, 1.165) is 17.8 Å². The van der Waals surface area contributed by atoms with E-state index in [1.807, 2.05) is 6.92 Å². The Morgan fingerprint density at radius 2 is 2.30 bits per heavy atom. The number of carbonyl (C=O) groups excluding carboxylic acids is 1. The standard InChI is InChI=1S/C11H9ClN4O3S/c1-2-9-13-11(15-14-9)20-8-4-3-6(16(18)19)5-7(8)10(12)17/h3-5H,2H2,1H3,(H,13,14,15). The van der Waals surface area contributed by atoms with Gasteiger partial charge in [0, 0.05) is 23.4 Å². The summed E-state index contributed by atoms with van der Waals surface area (Å²) in [5.41, 5.74) is -0.128. The van der Waals surface area contributed by atoms with Crippen molar-refractivity contribution in [3.05, 3.63) is 39.7 Å². The minimum Gasteiger partial charge on any atom is -0.276 e. The zero-order valence-corrected chi connectivity index (χ0v) is 11.9. The summed E-state index contributed by atoms with van der Waals surface area (Å²) in [7, 11) is 0. The van der Waals surface area contributed by atoms with Crippen LogP contribution in [-0.4, -0.2) is 25.3 Å². The molecule has 0 unspecified atom stereocenters. The predicted octanol–water partition coefficient (Wildman–Crippen LogP) is 2.81. The Bertz CT molecular complexity index is 673. The third kappa shape index (κ3) is 3.14. The summed E-state index contributed by atoms with van der Waals surface area (Å²) in [6, 6.07) is 3.91. The number of halogens is 1. The Labute approximate surface area is 122 Å². The molecule has 0 amide bonds. The number of hydrogen-bond acceptors (Lipinski definition) is 6. The van der Waals surface area contributed by atoms with E-state index in [-0.39, 0.29) is 11.3 Å². The zero-order chi connectivity index (χ0) is 14.7. The highest BCUT2D eigenvalue weighted by Crippen LogP contribution is 2.31. The molecule has 7 nitrogen and oxygen atoms in total. The van der Waals surface area contributed by atoms with Gasteiger partial charge in [-0.05, 0) is 29.4 Å². The number of carbonyl (C=O) groups is 1. The molecule has 0 fully saturated rings. The number of rotatable bonds is 5. The lowest BCUT2D eigenvalue weighted by Gasteiger charge is -2.02. The Kier molecular flexibility index (Phi) is 4.35. The lowest BCUT2D eigenvalue weighted by molar-refractivity contribution is -0.384. The van der Waals surface area contributed by atoms with E-state index in [0.29, 0.717) is 22.3 Å². The largest absolute Gasteiger partial charge is 0.276 e. The molecule has 9 heteroatoms. The SMILES string of the molecule is CCc1nc(Sc2ccc([N+](=O)[O-])cc2C(=O)Cl)n[nH]1. The number of nitrogens with zero attached hydrogens (tertiary/aromatic N) is 3. The number of nitrogens with one attached hydrogen (secondary N) is 1. The topological polar surface area (TPSA) is 102 Å². The molecule has 0 radical (unpaired) electrons. The van der Waals surface area contributed by atoms with Gasteiger partial charge in [0.05, 0.1) is 10.5 Å². The monoisotopic (exact) mass is 312 g/mol. The van der Waals surface area contributed by atoms with Crippen LogP contribution in [0.25, 0.3) is 0 Å². The van der Waals surface area contributed by atoms with Crippen molar-refractivity contribution in [2.75, 3.05) is 0 Å². The first-order valence-electron chi connectivity index (χ1n) is 5.58. The molecule has 2 rings (SSSR count). The van der Waals surface area contributed by atoms with Crippen molar-refractivity contribution in [1.82, 2.24) is 15.2 Å². The van der Waals surface area contributed by atoms with Gasteiger partial charge < -0.3 is 0 Å². The molecule has 0 aliphatic heterocycles. The van der Waals surface area contributed by atoms with Crippen molar-refractivity contribution >= 4 is 34.3 Å². The van der Waals surface area contributed by atoms with Gasteiger partial charge in [0.25, 0.3) is 10.9 Å². The van der Waals surface area contributed by atoms with Crippen LogP contribution in [0, 0.1) is 10.1 Å². The summed E-state index contributed by atoms with van der Waals surface area (Å²) in [5, 5.41) is 17.1. The van der Waals surface area contributed by atoms with Gasteiger partial charge in [-0.25, -0.2) is 4.98 Å². The quantitative estimate of drug-likeness (QED) is 0.517. The molecular formula is C11H9ClN4O3S. The Hall–Kier alpha value is -1.93. The van der Waals surface area contributed by atoms with Crippen LogP contribution < -0.4 is 0 Å². The second-order valence-electron chi connectivity index (χ2n) is 3.73. The van der Waals surface area contributed by atoms with E-state index >= 15 is 0 Å². The molecule has 0 atom stereocenters. The first kappa shape index (κ1) is 14.5. The molecule has 0 aliphatic rings. The summed E-state index contributed by atoms with van der Waals surface area (Å²) in [5.74, 6) is 0.716. The number of hydrogen-bond donors (Lipinski definition) is 1. The van der Waals surface area contributed by atoms with Crippen LogP contribution in [0.4, 0.5) is 5.69 Å². The molecular weight excluding hydrogens is 304 g/mol. The minimum absolute atomic E-state index is 0.0636. The van der Waals surface area contributed by atoms with Gasteiger partial charge in [-0.15, -0.1) is 5.10 Å². The van der Waals surface area contributed by atoms with Crippen molar-refractivity contribution in [2.24, 2.45) is 0 Å². The Morgan fingerprint density at radius 1 is 1.55 bits per heavy atom. The summed E-state index contributed by atoms with van der Waals surface area (Å²) < 4.78 is 0. The number of aromatic amines is 1. The van der Waals surface area contributed by atoms with Gasteiger partial charge in [-0.3, -0.25) is 20.0 Å². The summed E-state index contributed by atoms with van der Waals surface area (Å²) in [6.45, 7) is 1.93. The van der Waals surface area contributed by atoms with Gasteiger partial charge in [0.15, 0.2) is 0 Å². The van der Waals surface area contributed by atoms with Crippen molar-refractivity contribution in [3.8, 4) is 0 Å². The van der Waals surface area contributed by atoms with Gasteiger partial charge >= 0.3 is 0 Å². The molecule has 0 aliphatic carbocycles. The van der Waals surface area contributed by atoms with Crippen LogP contribution >= 0.6 is 23.4 Å². The molecule has 20 heavy (non-hydrogen) atoms. The fraction of sp³-hybridized carbons (Fsp3) is 0.182. The maximum atomic E-state index is 11.4. The maximum Gasteiger partial charge on any atom is 0.270 e. The van der Waals surface area contributed by atoms with Gasteiger partial charge in [0.2, 0.25) is 5.16 Å². The molecule has 0 saturated heterocycles. The lowest BCUT2D eigenvalue weighted by atomic mass is 10.2. The Morgan fingerprint density at radius 3 is 2.85 bits per heavy atom. The first-order chi connectivity index (χ1) is 9.51. The molecule has 1 aromatic carbocycles. The summed E-state index contributed by atoms with van der Waals surface area (Å²) in [4.78, 5) is 26.2. The minimum atomic E-state index is -0.762. The maximum absolute atomic E-state index is 11.4. The van der Waals surface area contributed by atoms with E-state index < -0.39 is 10.2 Å². The fourth-order valence-corrected chi connectivity index (χ4v) is 2.51. The van der Waals surface area contributed by atoms with Crippen molar-refractivity contribution in [1.29, 1.82) is 0 Å². The zero-order valence-electron chi connectivity index (χ0n) is 10.3. The smallest absolute Gasteiger partial charge is 0.270 e. The predicted molar refractivity (Wildman–Crippen MR) is 73.2 cm³/mol. The molecule has 0 spiro atoms. The number of aromatic nitrogens is 3. The van der Waals surface area contributed by atoms with E-state index in [1.54, 1.807) is 0 Å². The number of benzene rings is 1. The van der Waals surface area contributed by atoms with Crippen molar-refractivity contribution in [3.63, 3.8) is 0 Å². The van der Waals surface area contributed by atoms with Gasteiger partial charge in [-0.2, -0.15) is 0 Å². The van der Waals surface area contributed by atoms with E-state index in [4.69, 9.17) is 11.6 Å². The van der Waals surface area contributed by atoms with Gasteiger partial charge in [0.1, 0.15) is 5.82 Å². The molecule has 1 aromatic heterocycles. The lowest BCUT2D eigenvalue weighted by Crippen LogP contribution is -1.96. The van der Waals surface area contributed by atoms with Crippen LogP contribution in [0.1, 0.15) is 23.1 Å². The van der Waals surface area contributed by atoms with Crippen LogP contribution in [0.15, 0.2) is 28.3 Å². The number of aryl methyl sites for hydroxylation is 1. The first-order valence-corrected chi connectivity index (χ1v) is 6.78. The number of nitro benzene ring substituents is 1. The highest BCUT2D eigenvalue weighted by Gasteiger charge is 2.17. The van der Waals surface area contributed by atoms with Crippen LogP contribution in [0.5, 0.6) is 0 Å². The highest BCUT2D eigenvalue weighted by molar-refractivity contribution is 7.99. The highest BCUT2D eigenvalue weighted by atomic mass is 35.5. The third-order valence-electron chi connectivity index (χ3n) is 2.43. The molecule has 104 valence electrons. The normalized spacial score (nSPS) is 10.5. The van der Waals surface area contributed by atoms with E-state index in [1.165, 1.54) is 12.1 Å².